The van der Waals surface area contributed by atoms with Crippen LogP contribution in [-0.4, -0.2) is 34.4 Å². The molecule has 0 saturated heterocycles. The Morgan fingerprint density at radius 3 is 2.70 bits per heavy atom. The second-order valence-corrected chi connectivity index (χ2v) is 6.05. The van der Waals surface area contributed by atoms with Crippen molar-refractivity contribution in [3.63, 3.8) is 0 Å². The summed E-state index contributed by atoms with van der Waals surface area (Å²) in [5.74, 6) is 2.31. The van der Waals surface area contributed by atoms with Crippen LogP contribution in [0, 0.1) is 6.92 Å². The van der Waals surface area contributed by atoms with Crippen LogP contribution in [0.25, 0.3) is 0 Å². The van der Waals surface area contributed by atoms with Crippen molar-refractivity contribution in [2.24, 2.45) is 0 Å². The zero-order valence-corrected chi connectivity index (χ0v) is 14.7. The maximum atomic E-state index is 12.7. The van der Waals surface area contributed by atoms with Gasteiger partial charge in [0.1, 0.15) is 25.1 Å². The molecule has 27 heavy (non-hydrogen) atoms. The molecule has 1 aliphatic rings. The maximum Gasteiger partial charge on any atom is 0.320 e. The van der Waals surface area contributed by atoms with Crippen LogP contribution in [0.4, 0.5) is 10.5 Å². The number of ether oxygens (including phenoxy) is 2. The van der Waals surface area contributed by atoms with Crippen molar-refractivity contribution >= 4 is 11.7 Å². The molecule has 8 nitrogen and oxygen atoms in total. The number of anilines is 1. The quantitative estimate of drug-likeness (QED) is 0.660. The highest BCUT2D eigenvalue weighted by molar-refractivity contribution is 5.92. The fraction of sp³-hybridized carbons (Fsp3) is 0.211. The molecule has 1 aliphatic heterocycles. The molecule has 1 atom stereocenters. The summed E-state index contributed by atoms with van der Waals surface area (Å²) in [5, 5.41) is 12.8. The highest BCUT2D eigenvalue weighted by atomic mass is 16.6. The van der Waals surface area contributed by atoms with Gasteiger partial charge in [-0.05, 0) is 24.6 Å². The summed E-state index contributed by atoms with van der Waals surface area (Å²) in [4.78, 5) is 17.0. The minimum atomic E-state index is -0.493. The van der Waals surface area contributed by atoms with Crippen LogP contribution in [0.3, 0.4) is 0 Å². The van der Waals surface area contributed by atoms with E-state index in [1.807, 2.05) is 37.3 Å². The van der Waals surface area contributed by atoms with Gasteiger partial charge in [-0.1, -0.05) is 36.4 Å². The number of hydrogen-bond donors (Lipinski definition) is 3. The van der Waals surface area contributed by atoms with E-state index in [1.54, 1.807) is 18.2 Å². The first-order valence-electron chi connectivity index (χ1n) is 8.60. The van der Waals surface area contributed by atoms with Gasteiger partial charge < -0.3 is 20.1 Å². The topological polar surface area (TPSA) is 101 Å². The van der Waals surface area contributed by atoms with Crippen LogP contribution >= 0.6 is 0 Å². The lowest BCUT2D eigenvalue weighted by Crippen LogP contribution is -2.34. The Morgan fingerprint density at radius 1 is 1.11 bits per heavy atom. The van der Waals surface area contributed by atoms with Gasteiger partial charge in [-0.3, -0.25) is 5.10 Å². The van der Waals surface area contributed by atoms with Crippen molar-refractivity contribution in [1.29, 1.82) is 0 Å². The lowest BCUT2D eigenvalue weighted by atomic mass is 10.1. The van der Waals surface area contributed by atoms with E-state index in [1.165, 1.54) is 0 Å². The van der Waals surface area contributed by atoms with E-state index < -0.39 is 12.1 Å². The molecule has 138 valence electrons. The van der Waals surface area contributed by atoms with E-state index in [4.69, 9.17) is 9.47 Å². The molecule has 0 fully saturated rings. The summed E-state index contributed by atoms with van der Waals surface area (Å²) in [6, 6.07) is 14.0. The first-order chi connectivity index (χ1) is 13.2. The number of urea groups is 1. The number of para-hydroxylation sites is 1. The first kappa shape index (κ1) is 16.9. The Kier molecular flexibility index (Phi) is 4.61. The van der Waals surface area contributed by atoms with E-state index in [-0.39, 0.29) is 0 Å². The number of aryl methyl sites for hydroxylation is 1. The van der Waals surface area contributed by atoms with Gasteiger partial charge >= 0.3 is 6.03 Å². The molecule has 3 aromatic rings. The second kappa shape index (κ2) is 7.36. The Bertz CT molecular complexity index is 942. The number of carbonyl (C=O) groups excluding carboxylic acids is 1. The van der Waals surface area contributed by atoms with Gasteiger partial charge in [-0.2, -0.15) is 5.10 Å². The summed E-state index contributed by atoms with van der Waals surface area (Å²) >= 11 is 0. The zero-order chi connectivity index (χ0) is 18.6. The van der Waals surface area contributed by atoms with Crippen LogP contribution in [0.15, 0.2) is 48.5 Å². The monoisotopic (exact) mass is 365 g/mol. The van der Waals surface area contributed by atoms with E-state index in [9.17, 15) is 4.79 Å². The zero-order valence-electron chi connectivity index (χ0n) is 14.7. The molecule has 1 aromatic heterocycles. The number of carbonyl (C=O) groups is 1. The van der Waals surface area contributed by atoms with E-state index >= 15 is 0 Å². The van der Waals surface area contributed by atoms with Gasteiger partial charge in [-0.25, -0.2) is 9.78 Å². The fourth-order valence-corrected chi connectivity index (χ4v) is 2.89. The Morgan fingerprint density at radius 2 is 1.93 bits per heavy atom. The maximum absolute atomic E-state index is 12.7. The average Bonchev–Trinajstić information content (AvgIpc) is 3.13. The number of aromatic nitrogens is 3. The van der Waals surface area contributed by atoms with Gasteiger partial charge in [0, 0.05) is 0 Å². The summed E-state index contributed by atoms with van der Waals surface area (Å²) in [6.07, 6.45) is 0. The Balaban J connectivity index is 1.56. The summed E-state index contributed by atoms with van der Waals surface area (Å²) in [6.45, 7) is 2.74. The average molecular weight is 365 g/mol. The van der Waals surface area contributed by atoms with Crippen LogP contribution in [-0.2, 0) is 0 Å². The molecule has 2 amide bonds. The van der Waals surface area contributed by atoms with Gasteiger partial charge in [0.2, 0.25) is 0 Å². The number of nitrogens with one attached hydrogen (secondary N) is 3. The van der Waals surface area contributed by atoms with Gasteiger partial charge in [0.25, 0.3) is 0 Å². The molecule has 1 unspecified atom stereocenters. The van der Waals surface area contributed by atoms with Gasteiger partial charge in [0.15, 0.2) is 17.3 Å². The van der Waals surface area contributed by atoms with Crippen LogP contribution in [0.2, 0.25) is 0 Å². The summed E-state index contributed by atoms with van der Waals surface area (Å²) in [7, 11) is 0. The fourth-order valence-electron chi connectivity index (χ4n) is 2.89. The Hall–Kier alpha value is -3.55. The van der Waals surface area contributed by atoms with Crippen molar-refractivity contribution in [2.45, 2.75) is 13.0 Å². The first-order valence-corrected chi connectivity index (χ1v) is 8.60. The molecule has 0 aliphatic carbocycles. The largest absolute Gasteiger partial charge is 0.486 e. The highest BCUT2D eigenvalue weighted by Crippen LogP contribution is 2.37. The van der Waals surface area contributed by atoms with E-state index in [2.05, 4.69) is 25.8 Å². The van der Waals surface area contributed by atoms with Crippen molar-refractivity contribution in [1.82, 2.24) is 20.5 Å². The minimum absolute atomic E-state index is 0.395. The molecule has 0 bridgehead atoms. The molecule has 8 heteroatoms. The van der Waals surface area contributed by atoms with Crippen LogP contribution in [0.1, 0.15) is 23.3 Å². The number of nitrogens with zero attached hydrogens (tertiary/aromatic N) is 2. The van der Waals surface area contributed by atoms with Crippen molar-refractivity contribution in [3.8, 4) is 11.5 Å². The van der Waals surface area contributed by atoms with Gasteiger partial charge in [-0.15, -0.1) is 0 Å². The van der Waals surface area contributed by atoms with Crippen molar-refractivity contribution in [2.75, 3.05) is 18.5 Å². The number of benzene rings is 2. The number of H-pyrrole nitrogens is 1. The molecule has 2 aromatic carbocycles. The molecule has 4 rings (SSSR count). The number of rotatable bonds is 4. The molecule has 0 radical (unpaired) electrons. The molecule has 2 heterocycles. The van der Waals surface area contributed by atoms with Crippen LogP contribution < -0.4 is 20.1 Å². The lowest BCUT2D eigenvalue weighted by Gasteiger charge is -2.22. The minimum Gasteiger partial charge on any atom is -0.486 e. The van der Waals surface area contributed by atoms with Gasteiger partial charge in [0.05, 0.1) is 5.69 Å². The molecule has 0 saturated carbocycles. The summed E-state index contributed by atoms with van der Waals surface area (Å²) in [5.41, 5.74) is 1.42. The predicted octanol–water partition coefficient (Wildman–Crippen LogP) is 2.80. The third kappa shape index (κ3) is 3.69. The smallest absolute Gasteiger partial charge is 0.320 e. The molecular formula is C19H19N5O3. The number of aromatic amines is 1. The van der Waals surface area contributed by atoms with Crippen molar-refractivity contribution in [3.05, 3.63) is 65.7 Å². The summed E-state index contributed by atoms with van der Waals surface area (Å²) < 4.78 is 11.2. The SMILES string of the molecule is Cc1nc(C(NC(=O)Nc2cccc3c2OCCO3)c2ccccc2)n[nH]1. The predicted molar refractivity (Wildman–Crippen MR) is 99.0 cm³/mol. The third-order valence-electron chi connectivity index (χ3n) is 4.10. The van der Waals surface area contributed by atoms with Crippen molar-refractivity contribution < 1.29 is 14.3 Å². The van der Waals surface area contributed by atoms with E-state index in [0.29, 0.717) is 42.0 Å². The number of fused-ring (bicyclic) bond motifs is 1. The van der Waals surface area contributed by atoms with E-state index in [0.717, 1.165) is 5.56 Å². The number of amides is 2. The normalized spacial score (nSPS) is 13.7. The standard InChI is InChI=1S/C19H19N5O3/c1-12-20-18(24-23-12)16(13-6-3-2-4-7-13)22-19(25)21-14-8-5-9-15-17(14)27-11-10-26-15/h2-9,16H,10-11H2,1H3,(H,20,23,24)(H2,21,22,25). The highest BCUT2D eigenvalue weighted by Gasteiger charge is 2.22. The number of hydrogen-bond acceptors (Lipinski definition) is 5. The van der Waals surface area contributed by atoms with Crippen LogP contribution in [0.5, 0.6) is 11.5 Å². The third-order valence-corrected chi connectivity index (χ3v) is 4.10. The second-order valence-electron chi connectivity index (χ2n) is 6.05. The molecule has 3 N–H and O–H groups in total. The molecular weight excluding hydrogens is 346 g/mol. The molecule has 0 spiro atoms. The lowest BCUT2D eigenvalue weighted by molar-refractivity contribution is 0.172. The Labute approximate surface area is 155 Å².